The van der Waals surface area contributed by atoms with Crippen LogP contribution in [-0.4, -0.2) is 50.8 Å². The van der Waals surface area contributed by atoms with Gasteiger partial charge in [0.2, 0.25) is 5.91 Å². The van der Waals surface area contributed by atoms with E-state index in [1.54, 1.807) is 9.58 Å². The summed E-state index contributed by atoms with van der Waals surface area (Å²) in [6, 6.07) is 9.14. The molecule has 1 aliphatic rings. The standard InChI is InChI=1S/C19H24N4O3.ClH/c1-13-18(14(2)23(21-13)15-8-4-3-5-9-15)20-17(24)12-22-11-7-6-10-16(22)19(25)26;/h3-5,8-9,16H,6-7,10-12H2,1-2H3,(H,20,24)(H,25,26);1H. The van der Waals surface area contributed by atoms with E-state index in [-0.39, 0.29) is 24.9 Å². The maximum Gasteiger partial charge on any atom is 0.320 e. The number of hydrogen-bond acceptors (Lipinski definition) is 4. The second kappa shape index (κ2) is 9.01. The van der Waals surface area contributed by atoms with Crippen LogP contribution in [0.4, 0.5) is 5.69 Å². The van der Waals surface area contributed by atoms with E-state index in [0.29, 0.717) is 18.7 Å². The van der Waals surface area contributed by atoms with Gasteiger partial charge in [-0.15, -0.1) is 12.4 Å². The number of amides is 1. The number of carbonyl (C=O) groups is 2. The summed E-state index contributed by atoms with van der Waals surface area (Å²) in [5, 5.41) is 16.8. The van der Waals surface area contributed by atoms with Crippen LogP contribution in [0.5, 0.6) is 0 Å². The number of anilines is 1. The number of benzene rings is 1. The number of nitrogens with zero attached hydrogens (tertiary/aromatic N) is 3. The number of hydrogen-bond donors (Lipinski definition) is 2. The predicted octanol–water partition coefficient (Wildman–Crippen LogP) is 2.79. The second-order valence-corrected chi connectivity index (χ2v) is 6.66. The van der Waals surface area contributed by atoms with Crippen LogP contribution in [0, 0.1) is 13.8 Å². The number of rotatable bonds is 5. The van der Waals surface area contributed by atoms with Crippen LogP contribution >= 0.6 is 12.4 Å². The Kier molecular flexibility index (Phi) is 6.98. The van der Waals surface area contributed by atoms with E-state index < -0.39 is 12.0 Å². The lowest BCUT2D eigenvalue weighted by molar-refractivity contribution is -0.145. The molecule has 1 atom stereocenters. The van der Waals surface area contributed by atoms with Crippen molar-refractivity contribution in [3.63, 3.8) is 0 Å². The Morgan fingerprint density at radius 3 is 2.59 bits per heavy atom. The average molecular weight is 393 g/mol. The molecule has 2 aromatic rings. The maximum atomic E-state index is 12.5. The molecule has 0 bridgehead atoms. The minimum absolute atomic E-state index is 0. The topological polar surface area (TPSA) is 87.5 Å². The SMILES string of the molecule is Cc1nn(-c2ccccc2)c(C)c1NC(=O)CN1CCCCC1C(=O)O.Cl. The first kappa shape index (κ1) is 20.9. The zero-order valence-corrected chi connectivity index (χ0v) is 16.3. The van der Waals surface area contributed by atoms with Crippen LogP contribution in [0.3, 0.4) is 0 Å². The fraction of sp³-hybridized carbons (Fsp3) is 0.421. The lowest BCUT2D eigenvalue weighted by atomic mass is 10.0. The maximum absolute atomic E-state index is 12.5. The Labute approximate surface area is 164 Å². The number of aryl methyl sites for hydroxylation is 1. The van der Waals surface area contributed by atoms with E-state index >= 15 is 0 Å². The normalized spacial score (nSPS) is 17.2. The van der Waals surface area contributed by atoms with Crippen molar-refractivity contribution in [2.24, 2.45) is 0 Å². The fourth-order valence-electron chi connectivity index (χ4n) is 3.47. The van der Waals surface area contributed by atoms with Gasteiger partial charge in [-0.1, -0.05) is 24.6 Å². The van der Waals surface area contributed by atoms with Gasteiger partial charge in [-0.25, -0.2) is 4.68 Å². The third kappa shape index (κ3) is 4.67. The van der Waals surface area contributed by atoms with Gasteiger partial charge in [0.1, 0.15) is 6.04 Å². The monoisotopic (exact) mass is 392 g/mol. The zero-order chi connectivity index (χ0) is 18.7. The van der Waals surface area contributed by atoms with E-state index in [9.17, 15) is 14.7 Å². The number of aromatic nitrogens is 2. The summed E-state index contributed by atoms with van der Waals surface area (Å²) in [5.74, 6) is -1.07. The number of piperidine rings is 1. The molecule has 0 spiro atoms. The summed E-state index contributed by atoms with van der Waals surface area (Å²) in [6.45, 7) is 4.46. The van der Waals surface area contributed by atoms with Crippen LogP contribution in [0.15, 0.2) is 30.3 Å². The minimum atomic E-state index is -0.859. The van der Waals surface area contributed by atoms with Crippen molar-refractivity contribution in [2.45, 2.75) is 39.2 Å². The van der Waals surface area contributed by atoms with Crippen molar-refractivity contribution in [1.29, 1.82) is 0 Å². The average Bonchev–Trinajstić information content (AvgIpc) is 2.91. The molecule has 1 aromatic carbocycles. The first-order chi connectivity index (χ1) is 12.5. The van der Waals surface area contributed by atoms with Crippen molar-refractivity contribution in [1.82, 2.24) is 14.7 Å². The second-order valence-electron chi connectivity index (χ2n) is 6.66. The molecule has 1 saturated heterocycles. The molecular weight excluding hydrogens is 368 g/mol. The number of nitrogens with one attached hydrogen (secondary N) is 1. The van der Waals surface area contributed by atoms with E-state index in [4.69, 9.17) is 0 Å². The highest BCUT2D eigenvalue weighted by atomic mass is 35.5. The van der Waals surface area contributed by atoms with Gasteiger partial charge in [0.25, 0.3) is 0 Å². The Hall–Kier alpha value is -2.38. The first-order valence-electron chi connectivity index (χ1n) is 8.85. The first-order valence-corrected chi connectivity index (χ1v) is 8.85. The highest BCUT2D eigenvalue weighted by molar-refractivity contribution is 5.93. The molecule has 0 radical (unpaired) electrons. The molecular formula is C19H25ClN4O3. The summed E-state index contributed by atoms with van der Waals surface area (Å²) < 4.78 is 1.80. The molecule has 2 heterocycles. The summed E-state index contributed by atoms with van der Waals surface area (Å²) >= 11 is 0. The summed E-state index contributed by atoms with van der Waals surface area (Å²) in [4.78, 5) is 25.6. The number of carbonyl (C=O) groups excluding carboxylic acids is 1. The molecule has 1 unspecified atom stereocenters. The van der Waals surface area contributed by atoms with E-state index in [2.05, 4.69) is 10.4 Å². The Bertz CT molecular complexity index is 807. The fourth-order valence-corrected chi connectivity index (χ4v) is 3.47. The highest BCUT2D eigenvalue weighted by Crippen LogP contribution is 2.23. The van der Waals surface area contributed by atoms with Gasteiger partial charge < -0.3 is 10.4 Å². The Morgan fingerprint density at radius 2 is 1.93 bits per heavy atom. The molecule has 1 aliphatic heterocycles. The Morgan fingerprint density at radius 1 is 1.22 bits per heavy atom. The van der Waals surface area contributed by atoms with Gasteiger partial charge in [-0.05, 0) is 45.4 Å². The summed E-state index contributed by atoms with van der Waals surface area (Å²) in [5.41, 5.74) is 3.18. The van der Waals surface area contributed by atoms with Crippen molar-refractivity contribution in [3.05, 3.63) is 41.7 Å². The molecule has 0 saturated carbocycles. The molecule has 2 N–H and O–H groups in total. The Balaban J connectivity index is 0.00000261. The van der Waals surface area contributed by atoms with Gasteiger partial charge in [0, 0.05) is 0 Å². The van der Waals surface area contributed by atoms with E-state index in [1.165, 1.54) is 0 Å². The third-order valence-corrected chi connectivity index (χ3v) is 4.80. The molecule has 3 rings (SSSR count). The molecule has 1 aromatic heterocycles. The molecule has 146 valence electrons. The zero-order valence-electron chi connectivity index (χ0n) is 15.5. The lowest BCUT2D eigenvalue weighted by Gasteiger charge is -2.32. The summed E-state index contributed by atoms with van der Waals surface area (Å²) in [6.07, 6.45) is 2.39. The minimum Gasteiger partial charge on any atom is -0.480 e. The smallest absolute Gasteiger partial charge is 0.320 e. The van der Waals surface area contributed by atoms with Crippen molar-refractivity contribution in [3.8, 4) is 5.69 Å². The number of carboxylic acids is 1. The molecule has 1 fully saturated rings. The third-order valence-electron chi connectivity index (χ3n) is 4.80. The number of aliphatic carboxylic acids is 1. The van der Waals surface area contributed by atoms with Gasteiger partial charge >= 0.3 is 5.97 Å². The summed E-state index contributed by atoms with van der Waals surface area (Å²) in [7, 11) is 0. The molecule has 1 amide bonds. The van der Waals surface area contributed by atoms with Crippen molar-refractivity contribution < 1.29 is 14.7 Å². The van der Waals surface area contributed by atoms with Crippen LogP contribution in [-0.2, 0) is 9.59 Å². The van der Waals surface area contributed by atoms with Crippen molar-refractivity contribution in [2.75, 3.05) is 18.4 Å². The highest BCUT2D eigenvalue weighted by Gasteiger charge is 2.30. The van der Waals surface area contributed by atoms with Gasteiger partial charge in [0.15, 0.2) is 0 Å². The van der Waals surface area contributed by atoms with E-state index in [1.807, 2.05) is 44.2 Å². The van der Waals surface area contributed by atoms with Gasteiger partial charge in [-0.3, -0.25) is 14.5 Å². The molecule has 7 nitrogen and oxygen atoms in total. The predicted molar refractivity (Wildman–Crippen MR) is 106 cm³/mol. The van der Waals surface area contributed by atoms with Crippen molar-refractivity contribution >= 4 is 30.0 Å². The molecule has 8 heteroatoms. The molecule has 0 aliphatic carbocycles. The number of carboxylic acid groups (broad SMARTS) is 1. The largest absolute Gasteiger partial charge is 0.480 e. The van der Waals surface area contributed by atoms with Crippen LogP contribution in [0.1, 0.15) is 30.7 Å². The van der Waals surface area contributed by atoms with E-state index in [0.717, 1.165) is 29.9 Å². The van der Waals surface area contributed by atoms with Crippen LogP contribution in [0.25, 0.3) is 5.69 Å². The van der Waals surface area contributed by atoms with Crippen LogP contribution in [0.2, 0.25) is 0 Å². The van der Waals surface area contributed by atoms with Gasteiger partial charge in [-0.2, -0.15) is 5.10 Å². The lowest BCUT2D eigenvalue weighted by Crippen LogP contribution is -2.47. The number of halogens is 1. The van der Waals surface area contributed by atoms with Gasteiger partial charge in [0.05, 0.1) is 29.3 Å². The molecule has 27 heavy (non-hydrogen) atoms. The van der Waals surface area contributed by atoms with Crippen LogP contribution < -0.4 is 5.32 Å². The number of likely N-dealkylation sites (tertiary alicyclic amines) is 1. The quantitative estimate of drug-likeness (QED) is 0.816. The number of para-hydroxylation sites is 1.